The molecular formula is C17H30N6O2. The Labute approximate surface area is 149 Å². The van der Waals surface area contributed by atoms with Crippen LogP contribution in [0.5, 0.6) is 0 Å². The monoisotopic (exact) mass is 350 g/mol. The van der Waals surface area contributed by atoms with Crippen LogP contribution >= 0.6 is 0 Å². The average Bonchev–Trinajstić information content (AvgIpc) is 3.01. The molecule has 1 aromatic rings. The number of likely N-dealkylation sites (tertiary alicyclic amines) is 1. The van der Waals surface area contributed by atoms with Gasteiger partial charge in [-0.15, -0.1) is 0 Å². The SMILES string of the molecule is CCNC(=NCCc1cnn(C)c1)NC1CCN(C(=O)OCC)CC1. The number of rotatable bonds is 6. The summed E-state index contributed by atoms with van der Waals surface area (Å²) in [5, 5.41) is 10.9. The van der Waals surface area contributed by atoms with Crippen LogP contribution < -0.4 is 10.6 Å². The third-order valence-electron chi connectivity index (χ3n) is 4.13. The molecule has 0 radical (unpaired) electrons. The zero-order chi connectivity index (χ0) is 18.1. The molecule has 1 fully saturated rings. The van der Waals surface area contributed by atoms with E-state index in [1.165, 1.54) is 5.56 Å². The van der Waals surface area contributed by atoms with Gasteiger partial charge in [-0.1, -0.05) is 0 Å². The number of amides is 1. The minimum atomic E-state index is -0.210. The molecule has 2 N–H and O–H groups in total. The third-order valence-corrected chi connectivity index (χ3v) is 4.13. The van der Waals surface area contributed by atoms with Crippen LogP contribution in [0.3, 0.4) is 0 Å². The van der Waals surface area contributed by atoms with Crippen LogP contribution in [-0.4, -0.2) is 65.6 Å². The van der Waals surface area contributed by atoms with E-state index in [0.717, 1.165) is 31.8 Å². The zero-order valence-corrected chi connectivity index (χ0v) is 15.5. The molecule has 1 amide bonds. The second-order valence-corrected chi connectivity index (χ2v) is 6.14. The van der Waals surface area contributed by atoms with Gasteiger partial charge in [0.2, 0.25) is 0 Å². The Hall–Kier alpha value is -2.25. The van der Waals surface area contributed by atoms with Crippen molar-refractivity contribution in [2.75, 3.05) is 32.8 Å². The molecule has 8 heteroatoms. The molecule has 1 aliphatic heterocycles. The highest BCUT2D eigenvalue weighted by Gasteiger charge is 2.23. The van der Waals surface area contributed by atoms with E-state index in [0.29, 0.717) is 32.3 Å². The van der Waals surface area contributed by atoms with Crippen LogP contribution in [0, 0.1) is 0 Å². The van der Waals surface area contributed by atoms with Gasteiger partial charge in [-0.2, -0.15) is 5.10 Å². The molecule has 25 heavy (non-hydrogen) atoms. The summed E-state index contributed by atoms with van der Waals surface area (Å²) >= 11 is 0. The Morgan fingerprint density at radius 1 is 1.40 bits per heavy atom. The highest BCUT2D eigenvalue weighted by atomic mass is 16.6. The van der Waals surface area contributed by atoms with Gasteiger partial charge in [-0.25, -0.2) is 4.79 Å². The second-order valence-electron chi connectivity index (χ2n) is 6.14. The molecule has 0 bridgehead atoms. The fraction of sp³-hybridized carbons (Fsp3) is 0.706. The number of hydrogen-bond acceptors (Lipinski definition) is 4. The van der Waals surface area contributed by atoms with Gasteiger partial charge in [0.1, 0.15) is 0 Å². The number of hydrogen-bond donors (Lipinski definition) is 2. The molecule has 1 aromatic heterocycles. The normalized spacial score (nSPS) is 16.0. The number of piperidine rings is 1. The van der Waals surface area contributed by atoms with E-state index in [9.17, 15) is 4.79 Å². The van der Waals surface area contributed by atoms with Crippen molar-refractivity contribution in [1.29, 1.82) is 0 Å². The zero-order valence-electron chi connectivity index (χ0n) is 15.5. The first-order chi connectivity index (χ1) is 12.1. The Bertz CT molecular complexity index is 563. The first kappa shape index (κ1) is 19.1. The maximum Gasteiger partial charge on any atom is 0.409 e. The van der Waals surface area contributed by atoms with Crippen molar-refractivity contribution < 1.29 is 9.53 Å². The smallest absolute Gasteiger partial charge is 0.409 e. The number of aryl methyl sites for hydroxylation is 1. The Morgan fingerprint density at radius 3 is 2.76 bits per heavy atom. The van der Waals surface area contributed by atoms with Crippen LogP contribution in [0.4, 0.5) is 4.79 Å². The quantitative estimate of drug-likeness (QED) is 0.594. The molecule has 2 rings (SSSR count). The van der Waals surface area contributed by atoms with Crippen LogP contribution in [0.1, 0.15) is 32.3 Å². The highest BCUT2D eigenvalue weighted by Crippen LogP contribution is 2.11. The van der Waals surface area contributed by atoms with E-state index in [1.807, 2.05) is 26.4 Å². The van der Waals surface area contributed by atoms with E-state index in [4.69, 9.17) is 4.74 Å². The maximum atomic E-state index is 11.7. The summed E-state index contributed by atoms with van der Waals surface area (Å²) in [5.41, 5.74) is 1.19. The maximum absolute atomic E-state index is 11.7. The molecule has 0 aliphatic carbocycles. The standard InChI is InChI=1S/C17H30N6O2/c1-4-18-16(19-9-6-14-12-20-22(3)13-14)21-15-7-10-23(11-8-15)17(24)25-5-2/h12-13,15H,4-11H2,1-3H3,(H2,18,19,21). The van der Waals surface area contributed by atoms with Gasteiger partial charge in [0.15, 0.2) is 5.96 Å². The van der Waals surface area contributed by atoms with Gasteiger partial charge in [-0.3, -0.25) is 9.67 Å². The number of ether oxygens (including phenoxy) is 1. The highest BCUT2D eigenvalue weighted by molar-refractivity contribution is 5.80. The summed E-state index contributed by atoms with van der Waals surface area (Å²) in [6, 6.07) is 0.321. The van der Waals surface area contributed by atoms with E-state index in [-0.39, 0.29) is 6.09 Å². The first-order valence-electron chi connectivity index (χ1n) is 9.06. The molecule has 0 saturated carbocycles. The van der Waals surface area contributed by atoms with Crippen molar-refractivity contribution in [2.45, 2.75) is 39.2 Å². The number of nitrogens with one attached hydrogen (secondary N) is 2. The summed E-state index contributed by atoms with van der Waals surface area (Å²) in [6.07, 6.45) is 6.34. The molecule has 1 aliphatic rings. The van der Waals surface area contributed by atoms with Gasteiger partial charge in [0.25, 0.3) is 0 Å². The van der Waals surface area contributed by atoms with Crippen molar-refractivity contribution >= 4 is 12.1 Å². The minimum Gasteiger partial charge on any atom is -0.450 e. The van der Waals surface area contributed by atoms with Gasteiger partial charge >= 0.3 is 6.09 Å². The molecule has 0 unspecified atom stereocenters. The number of aliphatic imine (C=N–C) groups is 1. The number of guanidine groups is 1. The molecule has 1 saturated heterocycles. The Morgan fingerprint density at radius 2 is 2.16 bits per heavy atom. The molecule has 2 heterocycles. The van der Waals surface area contributed by atoms with Crippen LogP contribution in [0.15, 0.2) is 17.4 Å². The molecule has 0 spiro atoms. The van der Waals surface area contributed by atoms with Crippen LogP contribution in [0.2, 0.25) is 0 Å². The summed E-state index contributed by atoms with van der Waals surface area (Å²) < 4.78 is 6.86. The van der Waals surface area contributed by atoms with E-state index in [2.05, 4.69) is 27.6 Å². The number of nitrogens with zero attached hydrogens (tertiary/aromatic N) is 4. The molecule has 8 nitrogen and oxygen atoms in total. The van der Waals surface area contributed by atoms with E-state index in [1.54, 1.807) is 9.58 Å². The third kappa shape index (κ3) is 6.28. The average molecular weight is 350 g/mol. The topological polar surface area (TPSA) is 83.8 Å². The second kappa shape index (κ2) is 9.90. The van der Waals surface area contributed by atoms with Crippen molar-refractivity contribution in [3.05, 3.63) is 18.0 Å². The van der Waals surface area contributed by atoms with Gasteiger partial charge < -0.3 is 20.3 Å². The number of carbonyl (C=O) groups is 1. The largest absolute Gasteiger partial charge is 0.450 e. The molecule has 0 aromatic carbocycles. The molecule has 0 atom stereocenters. The lowest BCUT2D eigenvalue weighted by molar-refractivity contribution is 0.0963. The summed E-state index contributed by atoms with van der Waals surface area (Å²) in [6.45, 7) is 7.27. The predicted molar refractivity (Wildman–Crippen MR) is 97.6 cm³/mol. The van der Waals surface area contributed by atoms with Crippen molar-refractivity contribution in [3.63, 3.8) is 0 Å². The van der Waals surface area contributed by atoms with Crippen molar-refractivity contribution in [1.82, 2.24) is 25.3 Å². The lowest BCUT2D eigenvalue weighted by atomic mass is 10.1. The fourth-order valence-corrected chi connectivity index (χ4v) is 2.83. The van der Waals surface area contributed by atoms with E-state index >= 15 is 0 Å². The summed E-state index contributed by atoms with van der Waals surface area (Å²) in [7, 11) is 1.92. The van der Waals surface area contributed by atoms with Crippen LogP contribution in [-0.2, 0) is 18.2 Å². The summed E-state index contributed by atoms with van der Waals surface area (Å²) in [4.78, 5) is 18.2. The predicted octanol–water partition coefficient (Wildman–Crippen LogP) is 1.14. The van der Waals surface area contributed by atoms with Gasteiger partial charge in [0.05, 0.1) is 12.8 Å². The van der Waals surface area contributed by atoms with Crippen LogP contribution in [0.25, 0.3) is 0 Å². The summed E-state index contributed by atoms with van der Waals surface area (Å²) in [5.74, 6) is 0.834. The fourth-order valence-electron chi connectivity index (χ4n) is 2.83. The lowest BCUT2D eigenvalue weighted by Crippen LogP contribution is -2.50. The van der Waals surface area contributed by atoms with Gasteiger partial charge in [0, 0.05) is 45.5 Å². The molecular weight excluding hydrogens is 320 g/mol. The number of aromatic nitrogens is 2. The first-order valence-corrected chi connectivity index (χ1v) is 9.06. The minimum absolute atomic E-state index is 0.210. The lowest BCUT2D eigenvalue weighted by Gasteiger charge is -2.32. The van der Waals surface area contributed by atoms with Gasteiger partial charge in [-0.05, 0) is 38.7 Å². The Balaban J connectivity index is 1.78. The van der Waals surface area contributed by atoms with E-state index < -0.39 is 0 Å². The van der Waals surface area contributed by atoms with Crippen molar-refractivity contribution in [3.8, 4) is 0 Å². The Kier molecular flexibility index (Phi) is 7.56. The van der Waals surface area contributed by atoms with Crippen molar-refractivity contribution in [2.24, 2.45) is 12.0 Å². The number of carbonyl (C=O) groups excluding carboxylic acids is 1. The molecule has 140 valence electrons.